The Morgan fingerprint density at radius 3 is 2.73 bits per heavy atom. The zero-order chi connectivity index (χ0) is 18.3. The van der Waals surface area contributed by atoms with Crippen molar-refractivity contribution < 1.29 is 18.2 Å². The van der Waals surface area contributed by atoms with Crippen LogP contribution in [0.4, 0.5) is 0 Å². The van der Waals surface area contributed by atoms with E-state index in [2.05, 4.69) is 0 Å². The number of pyridine rings is 1. The van der Waals surface area contributed by atoms with Crippen molar-refractivity contribution >= 4 is 15.5 Å². The minimum Gasteiger partial charge on any atom is -0.322 e. The lowest BCUT2D eigenvalue weighted by Gasteiger charge is -2.32. The zero-order valence-electron chi connectivity index (χ0n) is 15.1. The lowest BCUT2D eigenvalue weighted by molar-refractivity contribution is -1.03. The molecule has 26 heavy (non-hydrogen) atoms. The average molecular weight is 378 g/mol. The summed E-state index contributed by atoms with van der Waals surface area (Å²) in [6.07, 6.45) is 2.56. The lowest BCUT2D eigenvalue weighted by atomic mass is 10.2. The van der Waals surface area contributed by atoms with E-state index in [0.717, 1.165) is 56.0 Å². The number of nitrogens with zero attached hydrogens (tertiary/aromatic N) is 2. The molecule has 0 aliphatic carbocycles. The molecule has 2 aliphatic heterocycles. The van der Waals surface area contributed by atoms with Gasteiger partial charge < -0.3 is 9.80 Å². The van der Waals surface area contributed by atoms with Crippen molar-refractivity contribution in [1.29, 1.82) is 0 Å². The number of nitrogens with one attached hydrogen (secondary N) is 2. The molecule has 1 atom stereocenters. The van der Waals surface area contributed by atoms with Crippen molar-refractivity contribution in [2.45, 2.75) is 25.9 Å². The van der Waals surface area contributed by atoms with Crippen LogP contribution in [0.25, 0.3) is 5.65 Å². The summed E-state index contributed by atoms with van der Waals surface area (Å²) in [5, 5.41) is 0. The summed E-state index contributed by atoms with van der Waals surface area (Å²) >= 11 is 0. The minimum atomic E-state index is -2.81. The van der Waals surface area contributed by atoms with E-state index < -0.39 is 9.84 Å². The number of fused-ring (bicyclic) bond motifs is 1. The number of quaternary nitrogens is 2. The fourth-order valence-corrected chi connectivity index (χ4v) is 6.11. The van der Waals surface area contributed by atoms with E-state index in [0.29, 0.717) is 11.5 Å². The first-order valence-corrected chi connectivity index (χ1v) is 11.1. The van der Waals surface area contributed by atoms with E-state index in [1.54, 1.807) is 16.7 Å². The molecular weight excluding hydrogens is 352 g/mol. The van der Waals surface area contributed by atoms with Crippen LogP contribution in [0.2, 0.25) is 0 Å². The Labute approximate surface area is 153 Å². The predicted octanol–water partition coefficient (Wildman–Crippen LogP) is -2.53. The normalized spacial score (nSPS) is 28.4. The number of rotatable bonds is 3. The Balaban J connectivity index is 1.43. The largest absolute Gasteiger partial charge is 0.322 e. The Morgan fingerprint density at radius 2 is 2.04 bits per heavy atom. The van der Waals surface area contributed by atoms with Crippen LogP contribution >= 0.6 is 0 Å². The number of sulfone groups is 1. The Morgan fingerprint density at radius 1 is 1.27 bits per heavy atom. The van der Waals surface area contributed by atoms with E-state index in [1.165, 1.54) is 9.80 Å². The minimum absolute atomic E-state index is 0.0338. The maximum atomic E-state index is 12.3. The summed E-state index contributed by atoms with van der Waals surface area (Å²) in [5.41, 5.74) is 2.53. The topological polar surface area (TPSA) is 77.4 Å². The summed E-state index contributed by atoms with van der Waals surface area (Å²) in [6, 6.07) is 5.74. The summed E-state index contributed by atoms with van der Waals surface area (Å²) in [7, 11) is -2.81. The maximum Gasteiger partial charge on any atom is 0.258 e. The van der Waals surface area contributed by atoms with Crippen molar-refractivity contribution in [3.8, 4) is 0 Å². The van der Waals surface area contributed by atoms with Crippen molar-refractivity contribution in [2.75, 3.05) is 37.7 Å². The number of aryl methyl sites for hydroxylation is 1. The van der Waals surface area contributed by atoms with Gasteiger partial charge in [0.25, 0.3) is 5.56 Å². The van der Waals surface area contributed by atoms with Gasteiger partial charge in [0, 0.05) is 18.7 Å². The van der Waals surface area contributed by atoms with Crippen LogP contribution in [-0.4, -0.2) is 61.5 Å². The van der Waals surface area contributed by atoms with Gasteiger partial charge in [-0.2, -0.15) is 0 Å². The second-order valence-electron chi connectivity index (χ2n) is 7.66. The quantitative estimate of drug-likeness (QED) is 0.618. The molecule has 2 aromatic heterocycles. The van der Waals surface area contributed by atoms with Gasteiger partial charge in [-0.05, 0) is 18.6 Å². The molecule has 2 N–H and O–H groups in total. The van der Waals surface area contributed by atoms with E-state index in [9.17, 15) is 13.2 Å². The van der Waals surface area contributed by atoms with Gasteiger partial charge >= 0.3 is 0 Å². The van der Waals surface area contributed by atoms with Gasteiger partial charge in [-0.3, -0.25) is 9.20 Å². The molecule has 2 aliphatic rings. The molecule has 2 saturated heterocycles. The van der Waals surface area contributed by atoms with Crippen LogP contribution in [0.3, 0.4) is 0 Å². The SMILES string of the molecule is Cc1cccn2c(=O)cc(C[NH+]3CC[NH+]([C@@H]4CCS(=O)(=O)C4)CC3)nc12. The number of hydrogen-bond acceptors (Lipinski definition) is 4. The summed E-state index contributed by atoms with van der Waals surface area (Å²) in [5.74, 6) is 0.696. The molecule has 0 unspecified atom stereocenters. The average Bonchev–Trinajstić information content (AvgIpc) is 2.97. The highest BCUT2D eigenvalue weighted by molar-refractivity contribution is 7.91. The van der Waals surface area contributed by atoms with Crippen LogP contribution < -0.4 is 15.4 Å². The molecular formula is C18H26N4O3S+2. The van der Waals surface area contributed by atoms with E-state index in [-0.39, 0.29) is 11.6 Å². The standard InChI is InChI=1S/C18H24N4O3S/c1-14-3-2-5-22-17(23)11-15(19-18(14)22)12-20-6-8-21(9-7-20)16-4-10-26(24,25)13-16/h2-3,5,11,16H,4,6-10,12-13H2,1H3/p+2/t16-/m1/s1. The van der Waals surface area contributed by atoms with E-state index in [4.69, 9.17) is 4.98 Å². The highest BCUT2D eigenvalue weighted by Gasteiger charge is 2.37. The first kappa shape index (κ1) is 17.6. The first-order chi connectivity index (χ1) is 12.4. The van der Waals surface area contributed by atoms with Gasteiger partial charge in [0.15, 0.2) is 9.84 Å². The first-order valence-electron chi connectivity index (χ1n) is 9.28. The predicted molar refractivity (Wildman–Crippen MR) is 98.4 cm³/mol. The molecule has 7 nitrogen and oxygen atoms in total. The van der Waals surface area contributed by atoms with E-state index in [1.807, 2.05) is 19.1 Å². The summed E-state index contributed by atoms with van der Waals surface area (Å²) in [4.78, 5) is 19.9. The van der Waals surface area contributed by atoms with Gasteiger partial charge in [0.05, 0.1) is 5.75 Å². The Bertz CT molecular complexity index is 978. The smallest absolute Gasteiger partial charge is 0.258 e. The van der Waals surface area contributed by atoms with Gasteiger partial charge in [-0.15, -0.1) is 0 Å². The van der Waals surface area contributed by atoms with E-state index >= 15 is 0 Å². The third-order valence-electron chi connectivity index (χ3n) is 5.78. The molecule has 0 spiro atoms. The third-order valence-corrected chi connectivity index (χ3v) is 7.55. The summed E-state index contributed by atoms with van der Waals surface area (Å²) in [6.45, 7) is 6.66. The molecule has 8 heteroatoms. The second-order valence-corrected chi connectivity index (χ2v) is 9.88. The highest BCUT2D eigenvalue weighted by atomic mass is 32.2. The van der Waals surface area contributed by atoms with Crippen LogP contribution in [0.15, 0.2) is 29.2 Å². The fraction of sp³-hybridized carbons (Fsp3) is 0.556. The molecule has 2 fully saturated rings. The van der Waals surface area contributed by atoms with Gasteiger partial charge in [0.2, 0.25) is 0 Å². The van der Waals surface area contributed by atoms with Crippen molar-refractivity contribution in [2.24, 2.45) is 0 Å². The van der Waals surface area contributed by atoms with Crippen LogP contribution in [-0.2, 0) is 16.4 Å². The molecule has 0 saturated carbocycles. The molecule has 140 valence electrons. The van der Waals surface area contributed by atoms with Crippen molar-refractivity contribution in [3.63, 3.8) is 0 Å². The molecule has 0 radical (unpaired) electrons. The molecule has 0 bridgehead atoms. The van der Waals surface area contributed by atoms with Crippen molar-refractivity contribution in [1.82, 2.24) is 9.38 Å². The van der Waals surface area contributed by atoms with Gasteiger partial charge in [0.1, 0.15) is 55.9 Å². The third kappa shape index (κ3) is 3.54. The Kier molecular flexibility index (Phi) is 4.58. The second kappa shape index (κ2) is 6.75. The molecule has 0 aromatic carbocycles. The van der Waals surface area contributed by atoms with Gasteiger partial charge in [-0.1, -0.05) is 6.07 Å². The number of aromatic nitrogens is 2. The molecule has 0 amide bonds. The lowest BCUT2D eigenvalue weighted by Crippen LogP contribution is -3.29. The summed E-state index contributed by atoms with van der Waals surface area (Å²) < 4.78 is 25.0. The van der Waals surface area contributed by atoms with Crippen LogP contribution in [0.1, 0.15) is 17.7 Å². The Hall–Kier alpha value is -1.77. The zero-order valence-corrected chi connectivity index (χ0v) is 15.9. The molecule has 4 heterocycles. The molecule has 2 aromatic rings. The highest BCUT2D eigenvalue weighted by Crippen LogP contribution is 2.09. The molecule has 4 rings (SSSR count). The van der Waals surface area contributed by atoms with Crippen LogP contribution in [0.5, 0.6) is 0 Å². The van der Waals surface area contributed by atoms with Gasteiger partial charge in [-0.25, -0.2) is 13.4 Å². The maximum absolute atomic E-state index is 12.3. The van der Waals surface area contributed by atoms with Crippen molar-refractivity contribution in [3.05, 3.63) is 46.0 Å². The number of hydrogen-bond donors (Lipinski definition) is 2. The van der Waals surface area contributed by atoms with Crippen LogP contribution in [0, 0.1) is 6.92 Å². The monoisotopic (exact) mass is 378 g/mol. The fourth-order valence-electron chi connectivity index (χ4n) is 4.28. The number of piperazine rings is 1.